The Morgan fingerprint density at radius 1 is 1.10 bits per heavy atom. The summed E-state index contributed by atoms with van der Waals surface area (Å²) in [5.41, 5.74) is 1.43. The second-order valence-electron chi connectivity index (χ2n) is 6.15. The van der Waals surface area contributed by atoms with Crippen molar-refractivity contribution >= 4 is 5.69 Å². The Labute approximate surface area is 127 Å². The summed E-state index contributed by atoms with van der Waals surface area (Å²) in [7, 11) is 3.47. The quantitative estimate of drug-likeness (QED) is 0.928. The van der Waals surface area contributed by atoms with Crippen molar-refractivity contribution in [2.75, 3.05) is 38.8 Å². The normalized spacial score (nSPS) is 21.3. The van der Waals surface area contributed by atoms with E-state index < -0.39 is 0 Å². The van der Waals surface area contributed by atoms with E-state index >= 15 is 0 Å². The molecule has 116 valence electrons. The van der Waals surface area contributed by atoms with Gasteiger partial charge in [0.1, 0.15) is 11.5 Å². The Kier molecular flexibility index (Phi) is 4.24. The van der Waals surface area contributed by atoms with Gasteiger partial charge in [0.05, 0.1) is 25.4 Å². The third kappa shape index (κ3) is 2.69. The molecule has 0 atom stereocenters. The molecule has 1 aliphatic heterocycles. The molecule has 1 saturated carbocycles. The van der Waals surface area contributed by atoms with Crippen LogP contribution in [0.4, 0.5) is 5.69 Å². The second-order valence-corrected chi connectivity index (χ2v) is 6.15. The van der Waals surface area contributed by atoms with E-state index in [1.165, 1.54) is 37.8 Å². The van der Waals surface area contributed by atoms with Gasteiger partial charge in [-0.05, 0) is 25.0 Å². The molecule has 2 aliphatic rings. The Morgan fingerprint density at radius 3 is 2.62 bits per heavy atom. The van der Waals surface area contributed by atoms with E-state index in [2.05, 4.69) is 16.3 Å². The van der Waals surface area contributed by atoms with Gasteiger partial charge >= 0.3 is 0 Å². The molecule has 3 rings (SSSR count). The summed E-state index contributed by atoms with van der Waals surface area (Å²) in [6.45, 7) is 3.14. The molecular formula is C17H26N2O2. The number of anilines is 1. The van der Waals surface area contributed by atoms with Gasteiger partial charge in [0, 0.05) is 25.7 Å². The number of hydrogen-bond donors (Lipinski definition) is 1. The van der Waals surface area contributed by atoms with Crippen molar-refractivity contribution in [1.29, 1.82) is 0 Å². The molecule has 0 amide bonds. The highest BCUT2D eigenvalue weighted by molar-refractivity contribution is 5.63. The molecule has 1 heterocycles. The highest BCUT2D eigenvalue weighted by Gasteiger charge is 2.40. The SMILES string of the molecule is COc1ccc(OC)c(N2CCNCC23CCCCC3)c1. The number of hydrogen-bond acceptors (Lipinski definition) is 4. The summed E-state index contributed by atoms with van der Waals surface area (Å²) in [5.74, 6) is 1.85. The van der Waals surface area contributed by atoms with Crippen LogP contribution >= 0.6 is 0 Å². The molecule has 1 aromatic carbocycles. The van der Waals surface area contributed by atoms with Gasteiger partial charge in [-0.15, -0.1) is 0 Å². The second kappa shape index (κ2) is 6.14. The molecule has 1 spiro atoms. The largest absolute Gasteiger partial charge is 0.497 e. The minimum absolute atomic E-state index is 0.246. The number of nitrogens with one attached hydrogen (secondary N) is 1. The van der Waals surface area contributed by atoms with Crippen LogP contribution < -0.4 is 19.7 Å². The molecule has 21 heavy (non-hydrogen) atoms. The van der Waals surface area contributed by atoms with Crippen molar-refractivity contribution in [3.63, 3.8) is 0 Å². The standard InChI is InChI=1S/C17H26N2O2/c1-20-14-6-7-16(21-2)15(12-14)19-11-10-18-13-17(19)8-4-3-5-9-17/h6-7,12,18H,3-5,8-11,13H2,1-2H3. The highest BCUT2D eigenvalue weighted by Crippen LogP contribution is 2.42. The lowest BCUT2D eigenvalue weighted by atomic mass is 9.78. The minimum Gasteiger partial charge on any atom is -0.497 e. The van der Waals surface area contributed by atoms with E-state index in [0.717, 1.165) is 31.1 Å². The number of piperazine rings is 1. The van der Waals surface area contributed by atoms with Crippen molar-refractivity contribution in [1.82, 2.24) is 5.32 Å². The Bertz CT molecular complexity index is 475. The third-order valence-corrected chi connectivity index (χ3v) is 5.00. The van der Waals surface area contributed by atoms with Gasteiger partial charge in [-0.25, -0.2) is 0 Å². The lowest BCUT2D eigenvalue weighted by Crippen LogP contribution is -2.62. The predicted molar refractivity (Wildman–Crippen MR) is 85.6 cm³/mol. The van der Waals surface area contributed by atoms with Crippen LogP contribution in [-0.2, 0) is 0 Å². The van der Waals surface area contributed by atoms with E-state index in [1.807, 2.05) is 12.1 Å². The molecular weight excluding hydrogens is 264 g/mol. The maximum absolute atomic E-state index is 5.61. The van der Waals surface area contributed by atoms with E-state index in [4.69, 9.17) is 9.47 Å². The fraction of sp³-hybridized carbons (Fsp3) is 0.647. The molecule has 2 fully saturated rings. The summed E-state index contributed by atoms with van der Waals surface area (Å²) in [6.07, 6.45) is 6.54. The van der Waals surface area contributed by atoms with Crippen LogP contribution in [0.25, 0.3) is 0 Å². The lowest BCUT2D eigenvalue weighted by molar-refractivity contribution is 0.239. The van der Waals surface area contributed by atoms with Gasteiger partial charge in [-0.3, -0.25) is 0 Å². The summed E-state index contributed by atoms with van der Waals surface area (Å²) >= 11 is 0. The van der Waals surface area contributed by atoms with Crippen molar-refractivity contribution in [2.24, 2.45) is 0 Å². The van der Waals surface area contributed by atoms with Crippen LogP contribution in [0.15, 0.2) is 18.2 Å². The van der Waals surface area contributed by atoms with Gasteiger partial charge in [0.15, 0.2) is 0 Å². The Hall–Kier alpha value is -1.42. The fourth-order valence-electron chi connectivity index (χ4n) is 3.88. The van der Waals surface area contributed by atoms with Gasteiger partial charge in [-0.1, -0.05) is 19.3 Å². The topological polar surface area (TPSA) is 33.7 Å². The number of benzene rings is 1. The molecule has 0 aromatic heterocycles. The monoisotopic (exact) mass is 290 g/mol. The predicted octanol–water partition coefficient (Wildman–Crippen LogP) is 2.82. The first kappa shape index (κ1) is 14.5. The molecule has 0 bridgehead atoms. The van der Waals surface area contributed by atoms with Crippen LogP contribution in [-0.4, -0.2) is 39.4 Å². The number of nitrogens with zero attached hydrogens (tertiary/aromatic N) is 1. The summed E-state index contributed by atoms with van der Waals surface area (Å²) in [4.78, 5) is 2.57. The fourth-order valence-corrected chi connectivity index (χ4v) is 3.88. The zero-order valence-corrected chi connectivity index (χ0v) is 13.2. The summed E-state index contributed by atoms with van der Waals surface area (Å²) < 4.78 is 11.0. The van der Waals surface area contributed by atoms with Crippen LogP contribution in [0.3, 0.4) is 0 Å². The highest BCUT2D eigenvalue weighted by atomic mass is 16.5. The first-order chi connectivity index (χ1) is 10.3. The van der Waals surface area contributed by atoms with Crippen molar-refractivity contribution in [3.05, 3.63) is 18.2 Å². The lowest BCUT2D eigenvalue weighted by Gasteiger charge is -2.51. The number of rotatable bonds is 3. The van der Waals surface area contributed by atoms with Crippen LogP contribution in [0.2, 0.25) is 0 Å². The molecule has 0 unspecified atom stereocenters. The zero-order valence-electron chi connectivity index (χ0n) is 13.2. The zero-order chi connectivity index (χ0) is 14.7. The van der Waals surface area contributed by atoms with Crippen LogP contribution in [0.5, 0.6) is 11.5 Å². The van der Waals surface area contributed by atoms with Gasteiger partial charge in [-0.2, -0.15) is 0 Å². The number of methoxy groups -OCH3 is 2. The van der Waals surface area contributed by atoms with Crippen molar-refractivity contribution < 1.29 is 9.47 Å². The van der Waals surface area contributed by atoms with E-state index in [0.29, 0.717) is 0 Å². The Balaban J connectivity index is 1.99. The van der Waals surface area contributed by atoms with Crippen molar-refractivity contribution in [2.45, 2.75) is 37.6 Å². The van der Waals surface area contributed by atoms with Gasteiger partial charge in [0.25, 0.3) is 0 Å². The third-order valence-electron chi connectivity index (χ3n) is 5.00. The van der Waals surface area contributed by atoms with E-state index in [1.54, 1.807) is 14.2 Å². The van der Waals surface area contributed by atoms with E-state index in [-0.39, 0.29) is 5.54 Å². The molecule has 4 heteroatoms. The van der Waals surface area contributed by atoms with Crippen LogP contribution in [0.1, 0.15) is 32.1 Å². The maximum Gasteiger partial charge on any atom is 0.142 e. The number of ether oxygens (including phenoxy) is 2. The molecule has 1 saturated heterocycles. The minimum atomic E-state index is 0.246. The molecule has 0 radical (unpaired) electrons. The van der Waals surface area contributed by atoms with E-state index in [9.17, 15) is 0 Å². The summed E-state index contributed by atoms with van der Waals surface area (Å²) in [6, 6.07) is 6.12. The van der Waals surface area contributed by atoms with Gasteiger partial charge < -0.3 is 19.7 Å². The molecule has 4 nitrogen and oxygen atoms in total. The average Bonchev–Trinajstić information content (AvgIpc) is 2.55. The van der Waals surface area contributed by atoms with Gasteiger partial charge in [0.2, 0.25) is 0 Å². The summed E-state index contributed by atoms with van der Waals surface area (Å²) in [5, 5.41) is 3.60. The Morgan fingerprint density at radius 2 is 1.90 bits per heavy atom. The first-order valence-electron chi connectivity index (χ1n) is 7.99. The smallest absolute Gasteiger partial charge is 0.142 e. The van der Waals surface area contributed by atoms with Crippen LogP contribution in [0, 0.1) is 0 Å². The average molecular weight is 290 g/mol. The molecule has 1 aromatic rings. The maximum atomic E-state index is 5.61. The molecule has 1 aliphatic carbocycles. The first-order valence-corrected chi connectivity index (χ1v) is 7.99. The van der Waals surface area contributed by atoms with Crippen molar-refractivity contribution in [3.8, 4) is 11.5 Å². The molecule has 1 N–H and O–H groups in total.